The molecular weight excluding hydrogens is 190 g/mol. The molecule has 0 aromatic heterocycles. The van der Waals surface area contributed by atoms with E-state index >= 15 is 0 Å². The van der Waals surface area contributed by atoms with Gasteiger partial charge in [0.2, 0.25) is 0 Å². The predicted molar refractivity (Wildman–Crippen MR) is 50.0 cm³/mol. The van der Waals surface area contributed by atoms with Gasteiger partial charge in [-0.1, -0.05) is 0 Å². The van der Waals surface area contributed by atoms with Crippen LogP contribution in [0.5, 0.6) is 0 Å². The van der Waals surface area contributed by atoms with Crippen LogP contribution < -0.4 is 5.32 Å². The highest BCUT2D eigenvalue weighted by molar-refractivity contribution is 7.80. The Bertz CT molecular complexity index is 334. The third-order valence-electron chi connectivity index (χ3n) is 1.32. The molecule has 1 amide bonds. The number of carbonyl (C=O) groups is 2. The molecule has 0 radical (unpaired) electrons. The molecule has 0 bridgehead atoms. The average molecular weight is 197 g/mol. The number of aliphatic carboxylic acids is 1. The summed E-state index contributed by atoms with van der Waals surface area (Å²) < 4.78 is 0. The van der Waals surface area contributed by atoms with E-state index in [0.717, 1.165) is 4.90 Å². The number of carboxylic acid groups (broad SMARTS) is 1. The van der Waals surface area contributed by atoms with Crippen molar-refractivity contribution in [3.05, 3.63) is 24.3 Å². The van der Waals surface area contributed by atoms with Crippen molar-refractivity contribution in [3.63, 3.8) is 0 Å². The van der Waals surface area contributed by atoms with Crippen LogP contribution in [0.4, 0.5) is 5.69 Å². The number of hydrogen-bond acceptors (Lipinski definition) is 3. The second-order valence-electron chi connectivity index (χ2n) is 2.31. The smallest absolute Gasteiger partial charge is 0.394 e. The zero-order valence-electron chi connectivity index (χ0n) is 6.52. The number of anilines is 1. The molecule has 0 aliphatic carbocycles. The van der Waals surface area contributed by atoms with Crippen molar-refractivity contribution in [2.45, 2.75) is 4.90 Å². The Balaban J connectivity index is 2.70. The summed E-state index contributed by atoms with van der Waals surface area (Å²) in [5.74, 6) is -2.55. The second-order valence-corrected chi connectivity index (χ2v) is 2.82. The molecule has 0 saturated heterocycles. The fourth-order valence-electron chi connectivity index (χ4n) is 0.729. The first-order valence-electron chi connectivity index (χ1n) is 3.43. The quantitative estimate of drug-likeness (QED) is 0.464. The molecule has 0 spiro atoms. The third-order valence-corrected chi connectivity index (χ3v) is 1.62. The Morgan fingerprint density at radius 2 is 1.77 bits per heavy atom. The van der Waals surface area contributed by atoms with Crippen molar-refractivity contribution in [2.75, 3.05) is 5.32 Å². The van der Waals surface area contributed by atoms with Gasteiger partial charge in [-0.2, -0.15) is 0 Å². The highest BCUT2D eigenvalue weighted by Crippen LogP contribution is 2.11. The monoisotopic (exact) mass is 197 g/mol. The Morgan fingerprint density at radius 1 is 1.23 bits per heavy atom. The molecule has 0 aliphatic heterocycles. The lowest BCUT2D eigenvalue weighted by Gasteiger charge is -2.00. The summed E-state index contributed by atoms with van der Waals surface area (Å²) in [6, 6.07) is 6.45. The minimum Gasteiger partial charge on any atom is -0.474 e. The van der Waals surface area contributed by atoms with Gasteiger partial charge >= 0.3 is 11.9 Å². The molecule has 0 aliphatic rings. The number of amides is 1. The van der Waals surface area contributed by atoms with Gasteiger partial charge in [0.1, 0.15) is 0 Å². The van der Waals surface area contributed by atoms with E-state index in [-0.39, 0.29) is 0 Å². The number of nitrogens with one attached hydrogen (secondary N) is 1. The minimum absolute atomic E-state index is 0.435. The van der Waals surface area contributed by atoms with Crippen molar-refractivity contribution in [1.82, 2.24) is 0 Å². The first-order valence-corrected chi connectivity index (χ1v) is 3.87. The second kappa shape index (κ2) is 3.95. The van der Waals surface area contributed by atoms with E-state index in [1.54, 1.807) is 24.3 Å². The fourth-order valence-corrected chi connectivity index (χ4v) is 0.878. The number of thiol groups is 1. The van der Waals surface area contributed by atoms with E-state index in [4.69, 9.17) is 5.11 Å². The largest absolute Gasteiger partial charge is 0.474 e. The van der Waals surface area contributed by atoms with Gasteiger partial charge in [0, 0.05) is 10.6 Å². The molecule has 0 fully saturated rings. The lowest BCUT2D eigenvalue weighted by molar-refractivity contribution is -0.147. The molecule has 5 heteroatoms. The molecule has 0 saturated carbocycles. The summed E-state index contributed by atoms with van der Waals surface area (Å²) >= 11 is 4.03. The summed E-state index contributed by atoms with van der Waals surface area (Å²) in [7, 11) is 0. The molecule has 4 nitrogen and oxygen atoms in total. The molecule has 68 valence electrons. The van der Waals surface area contributed by atoms with Crippen LogP contribution in [0, 0.1) is 0 Å². The molecular formula is C8H7NO3S. The maximum absolute atomic E-state index is 10.7. The van der Waals surface area contributed by atoms with Gasteiger partial charge in [-0.15, -0.1) is 12.6 Å². The van der Waals surface area contributed by atoms with Gasteiger partial charge in [-0.05, 0) is 24.3 Å². The van der Waals surface area contributed by atoms with Crippen LogP contribution in [-0.2, 0) is 9.59 Å². The minimum atomic E-state index is -1.50. The van der Waals surface area contributed by atoms with Crippen molar-refractivity contribution >= 4 is 30.2 Å². The third kappa shape index (κ3) is 2.79. The Labute approximate surface area is 80.0 Å². The fraction of sp³-hybridized carbons (Fsp3) is 0. The number of rotatable bonds is 1. The maximum atomic E-state index is 10.7. The van der Waals surface area contributed by atoms with Gasteiger partial charge in [0.25, 0.3) is 0 Å². The maximum Gasteiger partial charge on any atom is 0.394 e. The molecule has 0 heterocycles. The lowest BCUT2D eigenvalue weighted by atomic mass is 10.3. The number of benzene rings is 1. The first-order chi connectivity index (χ1) is 6.09. The molecule has 1 rings (SSSR count). The van der Waals surface area contributed by atoms with Crippen LogP contribution in [0.15, 0.2) is 29.2 Å². The summed E-state index contributed by atoms with van der Waals surface area (Å²) in [5, 5.41) is 10.5. The molecule has 1 aromatic rings. The standard InChI is InChI=1S/C8H7NO3S/c10-7(8(11)12)9-5-1-3-6(13)4-2-5/h1-4,13H,(H,9,10)(H,11,12). The highest BCUT2D eigenvalue weighted by atomic mass is 32.1. The van der Waals surface area contributed by atoms with Crippen molar-refractivity contribution in [1.29, 1.82) is 0 Å². The normalized spacial score (nSPS) is 9.31. The van der Waals surface area contributed by atoms with Gasteiger partial charge in [0.05, 0.1) is 0 Å². The molecule has 1 aromatic carbocycles. The Kier molecular flexibility index (Phi) is 2.92. The predicted octanol–water partition coefficient (Wildman–Crippen LogP) is 0.998. The average Bonchev–Trinajstić information content (AvgIpc) is 2.08. The van der Waals surface area contributed by atoms with Crippen LogP contribution in [0.25, 0.3) is 0 Å². The highest BCUT2D eigenvalue weighted by Gasteiger charge is 2.10. The van der Waals surface area contributed by atoms with Crippen LogP contribution >= 0.6 is 12.6 Å². The van der Waals surface area contributed by atoms with E-state index in [1.165, 1.54) is 0 Å². The summed E-state index contributed by atoms with van der Waals surface area (Å²) in [5.41, 5.74) is 0.435. The number of carboxylic acids is 1. The van der Waals surface area contributed by atoms with Crippen LogP contribution in [0.1, 0.15) is 0 Å². The van der Waals surface area contributed by atoms with Gasteiger partial charge in [-0.25, -0.2) is 4.79 Å². The van der Waals surface area contributed by atoms with Crippen molar-refractivity contribution < 1.29 is 14.7 Å². The van der Waals surface area contributed by atoms with Crippen molar-refractivity contribution in [2.24, 2.45) is 0 Å². The Hall–Kier alpha value is -1.49. The number of carbonyl (C=O) groups excluding carboxylic acids is 1. The topological polar surface area (TPSA) is 66.4 Å². The number of hydrogen-bond donors (Lipinski definition) is 3. The van der Waals surface area contributed by atoms with E-state index in [1.807, 2.05) is 0 Å². The molecule has 2 N–H and O–H groups in total. The molecule has 0 unspecified atom stereocenters. The summed E-state index contributed by atoms with van der Waals surface area (Å²) in [6.45, 7) is 0. The van der Waals surface area contributed by atoms with Gasteiger partial charge < -0.3 is 10.4 Å². The lowest BCUT2D eigenvalue weighted by Crippen LogP contribution is -2.21. The van der Waals surface area contributed by atoms with Gasteiger partial charge in [0.15, 0.2) is 0 Å². The zero-order chi connectivity index (χ0) is 9.84. The zero-order valence-corrected chi connectivity index (χ0v) is 7.41. The SMILES string of the molecule is O=C(O)C(=O)Nc1ccc(S)cc1. The van der Waals surface area contributed by atoms with Gasteiger partial charge in [-0.3, -0.25) is 4.79 Å². The van der Waals surface area contributed by atoms with E-state index in [2.05, 4.69) is 17.9 Å². The van der Waals surface area contributed by atoms with Crippen LogP contribution in [-0.4, -0.2) is 17.0 Å². The van der Waals surface area contributed by atoms with Crippen molar-refractivity contribution in [3.8, 4) is 0 Å². The summed E-state index contributed by atoms with van der Waals surface area (Å²) in [6.07, 6.45) is 0. The van der Waals surface area contributed by atoms with Crippen LogP contribution in [0.3, 0.4) is 0 Å². The van der Waals surface area contributed by atoms with Crippen LogP contribution in [0.2, 0.25) is 0 Å². The summed E-state index contributed by atoms with van der Waals surface area (Å²) in [4.78, 5) is 21.6. The first kappa shape index (κ1) is 9.60. The molecule has 13 heavy (non-hydrogen) atoms. The Morgan fingerprint density at radius 3 is 2.23 bits per heavy atom. The molecule has 0 atom stereocenters. The van der Waals surface area contributed by atoms with E-state index in [9.17, 15) is 9.59 Å². The van der Waals surface area contributed by atoms with E-state index < -0.39 is 11.9 Å². The van der Waals surface area contributed by atoms with E-state index in [0.29, 0.717) is 5.69 Å².